The normalized spacial score (nSPS) is 10.4. The molecule has 0 aliphatic rings. The van der Waals surface area contributed by atoms with Gasteiger partial charge in [-0.25, -0.2) is 4.79 Å². The standard InChI is InChI=1S/C20H21N3O2/c1-4-15-25-20(24)16-7-9-17(10-8-16)21-22-18-11-13-19(14-12-18)23(5-2)6-3/h1,7-14H,5-6,15H2,2-3H3. The van der Waals surface area contributed by atoms with Crippen LogP contribution >= 0.6 is 0 Å². The number of esters is 1. The zero-order chi connectivity index (χ0) is 18.1. The predicted octanol–water partition coefficient (Wildman–Crippen LogP) is 4.74. The van der Waals surface area contributed by atoms with E-state index in [2.05, 4.69) is 34.9 Å². The number of terminal acetylenes is 1. The van der Waals surface area contributed by atoms with E-state index in [0.29, 0.717) is 11.3 Å². The summed E-state index contributed by atoms with van der Waals surface area (Å²) in [6, 6.07) is 14.6. The van der Waals surface area contributed by atoms with Gasteiger partial charge >= 0.3 is 5.97 Å². The van der Waals surface area contributed by atoms with Crippen LogP contribution in [0.4, 0.5) is 17.1 Å². The quantitative estimate of drug-likeness (QED) is 0.417. The summed E-state index contributed by atoms with van der Waals surface area (Å²) in [7, 11) is 0. The van der Waals surface area contributed by atoms with Crippen molar-refractivity contribution in [3.8, 4) is 12.3 Å². The van der Waals surface area contributed by atoms with Gasteiger partial charge in [0.1, 0.15) is 0 Å². The highest BCUT2D eigenvalue weighted by Crippen LogP contribution is 2.22. The van der Waals surface area contributed by atoms with Gasteiger partial charge in [-0.3, -0.25) is 0 Å². The monoisotopic (exact) mass is 335 g/mol. The Hall–Kier alpha value is -3.13. The van der Waals surface area contributed by atoms with Crippen molar-refractivity contribution in [2.75, 3.05) is 24.6 Å². The Labute approximate surface area is 148 Å². The molecule has 0 N–H and O–H groups in total. The van der Waals surface area contributed by atoms with Gasteiger partial charge in [0.25, 0.3) is 0 Å². The van der Waals surface area contributed by atoms with Crippen molar-refractivity contribution in [2.24, 2.45) is 10.2 Å². The van der Waals surface area contributed by atoms with Gasteiger partial charge < -0.3 is 9.64 Å². The molecule has 0 saturated heterocycles. The van der Waals surface area contributed by atoms with Crippen LogP contribution in [0.25, 0.3) is 0 Å². The molecule has 0 radical (unpaired) electrons. The van der Waals surface area contributed by atoms with Gasteiger partial charge in [0.15, 0.2) is 6.61 Å². The first kappa shape index (κ1) is 18.2. The molecule has 0 bridgehead atoms. The lowest BCUT2D eigenvalue weighted by Gasteiger charge is -2.20. The van der Waals surface area contributed by atoms with E-state index in [9.17, 15) is 4.79 Å². The number of carbonyl (C=O) groups is 1. The lowest BCUT2D eigenvalue weighted by Crippen LogP contribution is -2.21. The van der Waals surface area contributed by atoms with Gasteiger partial charge in [0, 0.05) is 18.8 Å². The van der Waals surface area contributed by atoms with E-state index in [1.165, 1.54) is 5.69 Å². The average molecular weight is 335 g/mol. The summed E-state index contributed by atoms with van der Waals surface area (Å²) in [5, 5.41) is 8.40. The third-order valence-corrected chi connectivity index (χ3v) is 3.65. The second kappa shape index (κ2) is 9.24. The van der Waals surface area contributed by atoms with Crippen molar-refractivity contribution in [3.05, 3.63) is 54.1 Å². The highest BCUT2D eigenvalue weighted by molar-refractivity contribution is 5.89. The van der Waals surface area contributed by atoms with Gasteiger partial charge in [0.05, 0.1) is 16.9 Å². The number of hydrogen-bond donors (Lipinski definition) is 0. The lowest BCUT2D eigenvalue weighted by molar-refractivity contribution is 0.0557. The molecule has 0 atom stereocenters. The summed E-state index contributed by atoms with van der Waals surface area (Å²) >= 11 is 0. The van der Waals surface area contributed by atoms with Crippen LogP contribution < -0.4 is 4.90 Å². The molecule has 2 aromatic carbocycles. The second-order valence-corrected chi connectivity index (χ2v) is 5.22. The highest BCUT2D eigenvalue weighted by atomic mass is 16.5. The summed E-state index contributed by atoms with van der Waals surface area (Å²) in [5.74, 6) is 1.81. The maximum atomic E-state index is 11.7. The van der Waals surface area contributed by atoms with Crippen molar-refractivity contribution < 1.29 is 9.53 Å². The summed E-state index contributed by atoms with van der Waals surface area (Å²) in [4.78, 5) is 13.9. The van der Waals surface area contributed by atoms with E-state index >= 15 is 0 Å². The number of ether oxygens (including phenoxy) is 1. The fraction of sp³-hybridized carbons (Fsp3) is 0.250. The van der Waals surface area contributed by atoms with Crippen LogP contribution in [-0.4, -0.2) is 25.7 Å². The van der Waals surface area contributed by atoms with Crippen molar-refractivity contribution >= 4 is 23.0 Å². The Morgan fingerprint density at radius 3 is 2.00 bits per heavy atom. The summed E-state index contributed by atoms with van der Waals surface area (Å²) < 4.78 is 4.86. The topological polar surface area (TPSA) is 54.3 Å². The van der Waals surface area contributed by atoms with E-state index < -0.39 is 5.97 Å². The SMILES string of the molecule is C#CCOC(=O)c1ccc(N=Nc2ccc(N(CC)CC)cc2)cc1. The van der Waals surface area contributed by atoms with Crippen LogP contribution in [0.15, 0.2) is 58.8 Å². The van der Waals surface area contributed by atoms with E-state index in [4.69, 9.17) is 11.2 Å². The van der Waals surface area contributed by atoms with E-state index in [-0.39, 0.29) is 6.61 Å². The molecule has 0 unspecified atom stereocenters. The Kier molecular flexibility index (Phi) is 6.73. The number of hydrogen-bond acceptors (Lipinski definition) is 5. The molecule has 0 aromatic heterocycles. The van der Waals surface area contributed by atoms with E-state index in [0.717, 1.165) is 18.8 Å². The van der Waals surface area contributed by atoms with Gasteiger partial charge in [-0.15, -0.1) is 6.42 Å². The molecule has 2 rings (SSSR count). The minimum absolute atomic E-state index is 0.0379. The molecule has 128 valence electrons. The second-order valence-electron chi connectivity index (χ2n) is 5.22. The first-order valence-electron chi connectivity index (χ1n) is 8.15. The van der Waals surface area contributed by atoms with Gasteiger partial charge in [0.2, 0.25) is 0 Å². The number of benzene rings is 2. The largest absolute Gasteiger partial charge is 0.449 e. The number of nitrogens with zero attached hydrogens (tertiary/aromatic N) is 3. The Bertz CT molecular complexity index is 755. The van der Waals surface area contributed by atoms with Crippen LogP contribution in [0.2, 0.25) is 0 Å². The molecule has 0 saturated carbocycles. The molecule has 0 heterocycles. The van der Waals surface area contributed by atoms with Crippen molar-refractivity contribution in [2.45, 2.75) is 13.8 Å². The minimum Gasteiger partial charge on any atom is -0.449 e. The number of carbonyl (C=O) groups excluding carboxylic acids is 1. The minimum atomic E-state index is -0.451. The Morgan fingerprint density at radius 2 is 1.52 bits per heavy atom. The molecule has 0 aliphatic carbocycles. The summed E-state index contributed by atoms with van der Waals surface area (Å²) in [6.07, 6.45) is 5.06. The molecular formula is C20H21N3O2. The Morgan fingerprint density at radius 1 is 1.00 bits per heavy atom. The number of anilines is 1. The maximum absolute atomic E-state index is 11.7. The van der Waals surface area contributed by atoms with E-state index in [1.807, 2.05) is 24.3 Å². The summed E-state index contributed by atoms with van der Waals surface area (Å²) in [6.45, 7) is 6.15. The molecular weight excluding hydrogens is 314 g/mol. The van der Waals surface area contributed by atoms with Gasteiger partial charge in [-0.05, 0) is 62.4 Å². The smallest absolute Gasteiger partial charge is 0.339 e. The molecule has 5 heteroatoms. The van der Waals surface area contributed by atoms with Crippen molar-refractivity contribution in [1.82, 2.24) is 0 Å². The first-order valence-corrected chi connectivity index (χ1v) is 8.15. The van der Waals surface area contributed by atoms with Crippen LogP contribution in [0.1, 0.15) is 24.2 Å². The predicted molar refractivity (Wildman–Crippen MR) is 99.7 cm³/mol. The third kappa shape index (κ3) is 5.18. The van der Waals surface area contributed by atoms with Crippen molar-refractivity contribution in [1.29, 1.82) is 0 Å². The van der Waals surface area contributed by atoms with Gasteiger partial charge in [-0.1, -0.05) is 5.92 Å². The first-order chi connectivity index (χ1) is 12.2. The Balaban J connectivity index is 2.02. The fourth-order valence-corrected chi connectivity index (χ4v) is 2.29. The van der Waals surface area contributed by atoms with Crippen LogP contribution in [0.3, 0.4) is 0 Å². The third-order valence-electron chi connectivity index (χ3n) is 3.65. The van der Waals surface area contributed by atoms with Crippen LogP contribution in [0.5, 0.6) is 0 Å². The van der Waals surface area contributed by atoms with E-state index in [1.54, 1.807) is 24.3 Å². The number of rotatable bonds is 7. The average Bonchev–Trinajstić information content (AvgIpc) is 2.67. The zero-order valence-corrected chi connectivity index (χ0v) is 14.5. The molecule has 2 aromatic rings. The molecule has 25 heavy (non-hydrogen) atoms. The lowest BCUT2D eigenvalue weighted by atomic mass is 10.2. The molecule has 5 nitrogen and oxygen atoms in total. The van der Waals surface area contributed by atoms with Gasteiger partial charge in [-0.2, -0.15) is 10.2 Å². The number of azo groups is 1. The van der Waals surface area contributed by atoms with Crippen LogP contribution in [0, 0.1) is 12.3 Å². The van der Waals surface area contributed by atoms with Crippen LogP contribution in [-0.2, 0) is 4.74 Å². The molecule has 0 spiro atoms. The van der Waals surface area contributed by atoms with Crippen molar-refractivity contribution in [3.63, 3.8) is 0 Å². The highest BCUT2D eigenvalue weighted by Gasteiger charge is 2.05. The molecule has 0 amide bonds. The zero-order valence-electron chi connectivity index (χ0n) is 14.5. The molecule has 0 aliphatic heterocycles. The molecule has 0 fully saturated rings. The maximum Gasteiger partial charge on any atom is 0.339 e. The fourth-order valence-electron chi connectivity index (χ4n) is 2.29. The summed E-state index contributed by atoms with van der Waals surface area (Å²) in [5.41, 5.74) is 3.02.